The van der Waals surface area contributed by atoms with E-state index in [1.165, 1.54) is 0 Å². The van der Waals surface area contributed by atoms with Crippen LogP contribution in [0.5, 0.6) is 0 Å². The van der Waals surface area contributed by atoms with Gasteiger partial charge in [-0.15, -0.1) is 0 Å². The zero-order valence-corrected chi connectivity index (χ0v) is 14.3. The van der Waals surface area contributed by atoms with Crippen molar-refractivity contribution in [1.29, 1.82) is 0 Å². The van der Waals surface area contributed by atoms with E-state index >= 15 is 0 Å². The Kier molecular flexibility index (Phi) is 3.86. The first-order valence-electron chi connectivity index (χ1n) is 8.24. The molecule has 24 heavy (non-hydrogen) atoms. The third-order valence-corrected chi connectivity index (χ3v) is 5.30. The maximum Gasteiger partial charge on any atom is 0.253 e. The lowest BCUT2D eigenvalue weighted by atomic mass is 9.85. The summed E-state index contributed by atoms with van der Waals surface area (Å²) in [4.78, 5) is 39.8. The van der Waals surface area contributed by atoms with Gasteiger partial charge in [-0.2, -0.15) is 0 Å². The first-order chi connectivity index (χ1) is 11.2. The lowest BCUT2D eigenvalue weighted by Gasteiger charge is -2.30. The molecule has 3 amide bonds. The minimum Gasteiger partial charge on any atom is -0.369 e. The molecule has 0 aliphatic carbocycles. The van der Waals surface area contributed by atoms with Gasteiger partial charge in [0, 0.05) is 37.3 Å². The van der Waals surface area contributed by atoms with E-state index in [1.807, 2.05) is 26.0 Å². The number of piperidine rings is 1. The molecule has 2 heterocycles. The molecule has 1 aromatic carbocycles. The van der Waals surface area contributed by atoms with E-state index in [2.05, 4.69) is 0 Å². The molecule has 2 aliphatic rings. The van der Waals surface area contributed by atoms with Gasteiger partial charge < -0.3 is 15.5 Å². The number of benzene rings is 1. The Hall–Kier alpha value is -2.37. The maximum absolute atomic E-state index is 12.8. The largest absolute Gasteiger partial charge is 0.369 e. The summed E-state index contributed by atoms with van der Waals surface area (Å²) in [5.41, 5.74) is 7.04. The normalized spacial score (nSPS) is 20.2. The number of rotatable bonds is 2. The first-order valence-corrected chi connectivity index (χ1v) is 8.24. The van der Waals surface area contributed by atoms with E-state index in [0.717, 1.165) is 11.3 Å². The summed E-state index contributed by atoms with van der Waals surface area (Å²) in [5, 5.41) is 0. The fourth-order valence-electron chi connectivity index (χ4n) is 3.66. The predicted molar refractivity (Wildman–Crippen MR) is 90.7 cm³/mol. The number of likely N-dealkylation sites (tertiary alicyclic amines) is 1. The molecular formula is C18H23N3O3. The minimum atomic E-state index is -0.626. The van der Waals surface area contributed by atoms with Crippen LogP contribution >= 0.6 is 0 Å². The molecule has 0 atom stereocenters. The zero-order valence-electron chi connectivity index (χ0n) is 14.3. The molecule has 2 N–H and O–H groups in total. The molecule has 6 nitrogen and oxygen atoms in total. The second kappa shape index (κ2) is 5.61. The number of hydrogen-bond acceptors (Lipinski definition) is 3. The van der Waals surface area contributed by atoms with Gasteiger partial charge in [-0.05, 0) is 50.5 Å². The molecule has 1 fully saturated rings. The number of anilines is 1. The molecule has 0 unspecified atom stereocenters. The van der Waals surface area contributed by atoms with Gasteiger partial charge in [0.1, 0.15) is 0 Å². The van der Waals surface area contributed by atoms with Crippen LogP contribution in [0.1, 0.15) is 42.6 Å². The van der Waals surface area contributed by atoms with Crippen LogP contribution in [0.25, 0.3) is 0 Å². The summed E-state index contributed by atoms with van der Waals surface area (Å²) in [6.07, 6.45) is 1.22. The van der Waals surface area contributed by atoms with Crippen molar-refractivity contribution in [3.63, 3.8) is 0 Å². The Morgan fingerprint density at radius 2 is 1.83 bits per heavy atom. The van der Waals surface area contributed by atoms with Gasteiger partial charge in [0.2, 0.25) is 11.8 Å². The SMILES string of the molecule is CN1C(=O)C(C)(C)c2cc(C(=O)N3CCC(C(N)=O)CC3)ccc21. The molecule has 0 aromatic heterocycles. The van der Waals surface area contributed by atoms with E-state index < -0.39 is 5.41 Å². The van der Waals surface area contributed by atoms with Gasteiger partial charge in [0.05, 0.1) is 5.41 Å². The highest BCUT2D eigenvalue weighted by molar-refractivity contribution is 6.08. The summed E-state index contributed by atoms with van der Waals surface area (Å²) >= 11 is 0. The van der Waals surface area contributed by atoms with E-state index in [4.69, 9.17) is 5.73 Å². The Morgan fingerprint density at radius 3 is 2.42 bits per heavy atom. The van der Waals surface area contributed by atoms with Crippen molar-refractivity contribution in [1.82, 2.24) is 4.90 Å². The first kappa shape index (κ1) is 16.5. The fourth-order valence-corrected chi connectivity index (χ4v) is 3.66. The number of nitrogens with two attached hydrogens (primary N) is 1. The van der Waals surface area contributed by atoms with Crippen molar-refractivity contribution < 1.29 is 14.4 Å². The molecular weight excluding hydrogens is 306 g/mol. The number of nitrogens with zero attached hydrogens (tertiary/aromatic N) is 2. The average Bonchev–Trinajstić information content (AvgIpc) is 2.75. The molecule has 0 saturated carbocycles. The van der Waals surface area contributed by atoms with E-state index in [9.17, 15) is 14.4 Å². The molecule has 6 heteroatoms. The van der Waals surface area contributed by atoms with Gasteiger partial charge in [-0.1, -0.05) is 0 Å². The molecule has 128 valence electrons. The summed E-state index contributed by atoms with van der Waals surface area (Å²) in [6.45, 7) is 4.83. The monoisotopic (exact) mass is 329 g/mol. The maximum atomic E-state index is 12.8. The Balaban J connectivity index is 1.82. The summed E-state index contributed by atoms with van der Waals surface area (Å²) in [7, 11) is 1.76. The molecule has 2 aliphatic heterocycles. The van der Waals surface area contributed by atoms with Crippen molar-refractivity contribution in [3.05, 3.63) is 29.3 Å². The highest BCUT2D eigenvalue weighted by atomic mass is 16.2. The quantitative estimate of drug-likeness (QED) is 0.887. The van der Waals surface area contributed by atoms with E-state index in [-0.39, 0.29) is 23.6 Å². The molecule has 0 spiro atoms. The van der Waals surface area contributed by atoms with Crippen LogP contribution < -0.4 is 10.6 Å². The topological polar surface area (TPSA) is 83.7 Å². The number of carbonyl (C=O) groups is 3. The van der Waals surface area contributed by atoms with Crippen LogP contribution in [0.15, 0.2) is 18.2 Å². The summed E-state index contributed by atoms with van der Waals surface area (Å²) in [6, 6.07) is 5.44. The molecule has 0 bridgehead atoms. The fraction of sp³-hybridized carbons (Fsp3) is 0.500. The van der Waals surface area contributed by atoms with Crippen LogP contribution in [0, 0.1) is 5.92 Å². The number of likely N-dealkylation sites (N-methyl/N-ethyl adjacent to an activating group) is 1. The highest BCUT2D eigenvalue weighted by Crippen LogP contribution is 2.41. The van der Waals surface area contributed by atoms with Gasteiger partial charge in [-0.3, -0.25) is 14.4 Å². The van der Waals surface area contributed by atoms with Crippen LogP contribution in [0.4, 0.5) is 5.69 Å². The molecule has 0 radical (unpaired) electrons. The number of primary amides is 1. The molecule has 1 saturated heterocycles. The Labute approximate surface area is 141 Å². The van der Waals surface area contributed by atoms with Crippen LogP contribution in [-0.4, -0.2) is 42.8 Å². The third kappa shape index (κ3) is 2.46. The average molecular weight is 329 g/mol. The minimum absolute atomic E-state index is 0.0318. The second-order valence-electron chi connectivity index (χ2n) is 7.19. The van der Waals surface area contributed by atoms with E-state index in [1.54, 1.807) is 22.9 Å². The van der Waals surface area contributed by atoms with Crippen LogP contribution in [0.2, 0.25) is 0 Å². The highest BCUT2D eigenvalue weighted by Gasteiger charge is 2.42. The number of fused-ring (bicyclic) bond motifs is 1. The number of hydrogen-bond donors (Lipinski definition) is 1. The summed E-state index contributed by atoms with van der Waals surface area (Å²) in [5.74, 6) is -0.454. The predicted octanol–water partition coefficient (Wildman–Crippen LogP) is 1.28. The second-order valence-corrected chi connectivity index (χ2v) is 7.19. The summed E-state index contributed by atoms with van der Waals surface area (Å²) < 4.78 is 0. The number of carbonyl (C=O) groups excluding carboxylic acids is 3. The van der Waals surface area contributed by atoms with Gasteiger partial charge in [0.25, 0.3) is 5.91 Å². The number of amides is 3. The van der Waals surface area contributed by atoms with Crippen molar-refractivity contribution in [3.8, 4) is 0 Å². The molecule has 3 rings (SSSR count). The van der Waals surface area contributed by atoms with Gasteiger partial charge in [0.15, 0.2) is 0 Å². The van der Waals surface area contributed by atoms with Crippen molar-refractivity contribution in [2.75, 3.05) is 25.0 Å². The van der Waals surface area contributed by atoms with Gasteiger partial charge in [-0.25, -0.2) is 0 Å². The lowest BCUT2D eigenvalue weighted by Crippen LogP contribution is -2.41. The van der Waals surface area contributed by atoms with Crippen LogP contribution in [0.3, 0.4) is 0 Å². The van der Waals surface area contributed by atoms with Crippen molar-refractivity contribution >= 4 is 23.4 Å². The van der Waals surface area contributed by atoms with Gasteiger partial charge >= 0.3 is 0 Å². The smallest absolute Gasteiger partial charge is 0.253 e. The standard InChI is InChI=1S/C18H23N3O3/c1-18(2)13-10-12(4-5-14(13)20(3)17(18)24)16(23)21-8-6-11(7-9-21)15(19)22/h4-5,10-11H,6-9H2,1-3H3,(H2,19,22). The van der Waals surface area contributed by atoms with Crippen LogP contribution in [-0.2, 0) is 15.0 Å². The van der Waals surface area contributed by atoms with Crippen molar-refractivity contribution in [2.45, 2.75) is 32.1 Å². The Bertz CT molecular complexity index is 718. The lowest BCUT2D eigenvalue weighted by molar-refractivity contribution is -0.123. The third-order valence-electron chi connectivity index (χ3n) is 5.30. The molecule has 1 aromatic rings. The Morgan fingerprint density at radius 1 is 1.21 bits per heavy atom. The zero-order chi connectivity index (χ0) is 17.6. The van der Waals surface area contributed by atoms with Crippen molar-refractivity contribution in [2.24, 2.45) is 11.7 Å². The van der Waals surface area contributed by atoms with E-state index in [0.29, 0.717) is 31.5 Å².